The Bertz CT molecular complexity index is 982. The zero-order valence-electron chi connectivity index (χ0n) is 31.8. The SMILES string of the molecule is CC/C=C/C/C=C/C=C/C(O)CCCCCCCC(=O)O[C@H](COC(=O)CCCCCCCCCCCC(C)C)COP(=O)(O)OC[C@@H](O)CO. The zero-order chi connectivity index (χ0) is 38.0. The molecule has 4 N–H and O–H groups in total. The molecule has 0 aromatic rings. The van der Waals surface area contributed by atoms with Crippen molar-refractivity contribution in [3.05, 3.63) is 36.5 Å². The second-order valence-electron chi connectivity index (χ2n) is 13.6. The fourth-order valence-electron chi connectivity index (χ4n) is 5.07. The van der Waals surface area contributed by atoms with E-state index >= 15 is 0 Å². The number of phosphoric ester groups is 1. The molecule has 0 saturated heterocycles. The highest BCUT2D eigenvalue weighted by atomic mass is 31.2. The number of rotatable bonds is 35. The molecule has 0 amide bonds. The molecule has 4 atom stereocenters. The molecule has 0 aliphatic rings. The van der Waals surface area contributed by atoms with Crippen molar-refractivity contribution in [2.75, 3.05) is 26.4 Å². The van der Waals surface area contributed by atoms with E-state index in [9.17, 15) is 29.3 Å². The fourth-order valence-corrected chi connectivity index (χ4v) is 5.86. The largest absolute Gasteiger partial charge is 0.472 e. The van der Waals surface area contributed by atoms with Crippen LogP contribution in [-0.4, -0.2) is 76.9 Å². The first-order valence-electron chi connectivity index (χ1n) is 19.4. The molecule has 0 aromatic heterocycles. The van der Waals surface area contributed by atoms with Crippen molar-refractivity contribution in [2.45, 2.75) is 167 Å². The lowest BCUT2D eigenvalue weighted by Gasteiger charge is -2.20. The molecule has 0 aliphatic heterocycles. The lowest BCUT2D eigenvalue weighted by Crippen LogP contribution is -2.29. The summed E-state index contributed by atoms with van der Waals surface area (Å²) in [7, 11) is -4.64. The van der Waals surface area contributed by atoms with Gasteiger partial charge < -0.3 is 29.7 Å². The molecular weight excluding hydrogens is 675 g/mol. The maximum atomic E-state index is 12.6. The van der Waals surface area contributed by atoms with Crippen molar-refractivity contribution in [3.63, 3.8) is 0 Å². The van der Waals surface area contributed by atoms with E-state index in [1.54, 1.807) is 6.08 Å². The number of unbranched alkanes of at least 4 members (excludes halogenated alkanes) is 12. The van der Waals surface area contributed by atoms with E-state index < -0.39 is 57.9 Å². The van der Waals surface area contributed by atoms with Crippen LogP contribution in [0.5, 0.6) is 0 Å². The average molecular weight is 747 g/mol. The molecule has 0 aromatic carbocycles. The van der Waals surface area contributed by atoms with Gasteiger partial charge in [0.05, 0.1) is 25.9 Å². The molecule has 0 fully saturated rings. The van der Waals surface area contributed by atoms with Gasteiger partial charge in [-0.3, -0.25) is 18.6 Å². The van der Waals surface area contributed by atoms with Gasteiger partial charge in [0.1, 0.15) is 12.7 Å². The van der Waals surface area contributed by atoms with Crippen molar-refractivity contribution in [1.29, 1.82) is 0 Å². The molecule has 12 heteroatoms. The lowest BCUT2D eigenvalue weighted by molar-refractivity contribution is -0.161. The highest BCUT2D eigenvalue weighted by Crippen LogP contribution is 2.43. The summed E-state index contributed by atoms with van der Waals surface area (Å²) in [5.74, 6) is -0.234. The van der Waals surface area contributed by atoms with Gasteiger partial charge in [0.2, 0.25) is 0 Å². The van der Waals surface area contributed by atoms with Crippen molar-refractivity contribution in [1.82, 2.24) is 0 Å². The Hall–Kier alpha value is -1.85. The van der Waals surface area contributed by atoms with Crippen LogP contribution < -0.4 is 0 Å². The van der Waals surface area contributed by atoms with Crippen LogP contribution in [-0.2, 0) is 32.7 Å². The van der Waals surface area contributed by atoms with Gasteiger partial charge in [0.25, 0.3) is 0 Å². The predicted octanol–water partition coefficient (Wildman–Crippen LogP) is 8.44. The molecule has 0 rings (SSSR count). The smallest absolute Gasteiger partial charge is 0.462 e. The first kappa shape index (κ1) is 49.1. The monoisotopic (exact) mass is 746 g/mol. The van der Waals surface area contributed by atoms with E-state index in [0.29, 0.717) is 19.3 Å². The number of aliphatic hydroxyl groups excluding tert-OH is 3. The quantitative estimate of drug-likeness (QED) is 0.0161. The first-order chi connectivity index (χ1) is 24.5. The molecular formula is C39H71O11P. The third kappa shape index (κ3) is 35.0. The maximum Gasteiger partial charge on any atom is 0.472 e. The second-order valence-corrected chi connectivity index (χ2v) is 15.1. The molecule has 0 saturated carbocycles. The molecule has 0 radical (unpaired) electrons. The van der Waals surface area contributed by atoms with Crippen LogP contribution in [0.15, 0.2) is 36.5 Å². The summed E-state index contributed by atoms with van der Waals surface area (Å²) >= 11 is 0. The van der Waals surface area contributed by atoms with Gasteiger partial charge in [0, 0.05) is 12.8 Å². The van der Waals surface area contributed by atoms with Gasteiger partial charge in [-0.05, 0) is 38.0 Å². The molecule has 51 heavy (non-hydrogen) atoms. The maximum absolute atomic E-state index is 12.6. The number of aliphatic hydroxyl groups is 3. The van der Waals surface area contributed by atoms with Gasteiger partial charge in [-0.2, -0.15) is 0 Å². The van der Waals surface area contributed by atoms with Crippen molar-refractivity contribution >= 4 is 19.8 Å². The minimum Gasteiger partial charge on any atom is -0.462 e. The van der Waals surface area contributed by atoms with Crippen molar-refractivity contribution in [2.24, 2.45) is 5.92 Å². The minimum atomic E-state index is -4.64. The van der Waals surface area contributed by atoms with E-state index in [1.807, 2.05) is 18.2 Å². The molecule has 0 heterocycles. The zero-order valence-corrected chi connectivity index (χ0v) is 32.7. The van der Waals surface area contributed by atoms with Crippen molar-refractivity contribution in [3.8, 4) is 0 Å². The Morgan fingerprint density at radius 2 is 1.24 bits per heavy atom. The minimum absolute atomic E-state index is 0.115. The van der Waals surface area contributed by atoms with Gasteiger partial charge in [-0.15, -0.1) is 0 Å². The Morgan fingerprint density at radius 3 is 1.82 bits per heavy atom. The topological polar surface area (TPSA) is 169 Å². The van der Waals surface area contributed by atoms with Gasteiger partial charge >= 0.3 is 19.8 Å². The van der Waals surface area contributed by atoms with E-state index in [1.165, 1.54) is 38.5 Å². The third-order valence-electron chi connectivity index (χ3n) is 8.09. The third-order valence-corrected chi connectivity index (χ3v) is 9.04. The number of carbonyl (C=O) groups is 2. The molecule has 2 unspecified atom stereocenters. The molecule has 11 nitrogen and oxygen atoms in total. The predicted molar refractivity (Wildman–Crippen MR) is 202 cm³/mol. The van der Waals surface area contributed by atoms with Gasteiger partial charge in [-0.25, -0.2) is 4.57 Å². The lowest BCUT2D eigenvalue weighted by atomic mass is 10.0. The summed E-state index contributed by atoms with van der Waals surface area (Å²) in [5, 5.41) is 28.4. The van der Waals surface area contributed by atoms with E-state index in [0.717, 1.165) is 63.7 Å². The second kappa shape index (κ2) is 34.0. The van der Waals surface area contributed by atoms with E-state index in [4.69, 9.17) is 19.1 Å². The number of ether oxygens (including phenoxy) is 2. The summed E-state index contributed by atoms with van der Waals surface area (Å²) < 4.78 is 32.5. The van der Waals surface area contributed by atoms with Crippen LogP contribution in [0.3, 0.4) is 0 Å². The molecule has 298 valence electrons. The number of allylic oxidation sites excluding steroid dienone is 5. The normalized spacial score (nSPS) is 15.1. The Morgan fingerprint density at radius 1 is 0.686 bits per heavy atom. The van der Waals surface area contributed by atoms with E-state index in [-0.39, 0.29) is 19.4 Å². The van der Waals surface area contributed by atoms with Gasteiger partial charge in [0.15, 0.2) is 6.10 Å². The Balaban J connectivity index is 4.46. The highest BCUT2D eigenvalue weighted by molar-refractivity contribution is 7.47. The summed E-state index contributed by atoms with van der Waals surface area (Å²) in [6, 6.07) is 0. The van der Waals surface area contributed by atoms with Crippen LogP contribution in [0, 0.1) is 5.92 Å². The van der Waals surface area contributed by atoms with Crippen LogP contribution >= 0.6 is 7.82 Å². The molecule has 0 bridgehead atoms. The average Bonchev–Trinajstić information content (AvgIpc) is 3.09. The fraction of sp³-hybridized carbons (Fsp3) is 0.795. The summed E-state index contributed by atoms with van der Waals surface area (Å²) in [4.78, 5) is 34.8. The van der Waals surface area contributed by atoms with E-state index in [2.05, 4.69) is 37.4 Å². The van der Waals surface area contributed by atoms with Crippen LogP contribution in [0.1, 0.15) is 149 Å². The number of hydrogen-bond acceptors (Lipinski definition) is 10. The summed E-state index contributed by atoms with van der Waals surface area (Å²) in [6.07, 6.45) is 27.2. The number of phosphoric acid groups is 1. The van der Waals surface area contributed by atoms with Gasteiger partial charge in [-0.1, -0.05) is 141 Å². The summed E-state index contributed by atoms with van der Waals surface area (Å²) in [5.41, 5.74) is 0. The molecule has 0 aliphatic carbocycles. The van der Waals surface area contributed by atoms with Crippen LogP contribution in [0.25, 0.3) is 0 Å². The standard InChI is InChI=1S/C39H71O11P/c1-4-5-6-7-11-16-21-26-35(41)27-22-17-14-19-24-29-39(44)50-37(33-49-51(45,46)48-31-36(42)30-40)32-47-38(43)28-23-18-13-10-8-9-12-15-20-25-34(2)3/h5-6,11,16,21,26,34-37,40-42H,4,7-10,12-15,17-20,22-25,27-33H2,1-3H3,(H,45,46)/b6-5+,16-11+,26-21+/t35?,36-,37+/m0/s1. The Labute approximate surface area is 308 Å². The number of carbonyl (C=O) groups excluding carboxylic acids is 2. The summed E-state index contributed by atoms with van der Waals surface area (Å²) in [6.45, 7) is 4.40. The Kier molecular flexibility index (Phi) is 32.7. The first-order valence-corrected chi connectivity index (χ1v) is 20.9. The van der Waals surface area contributed by atoms with Crippen LogP contribution in [0.2, 0.25) is 0 Å². The van der Waals surface area contributed by atoms with Crippen molar-refractivity contribution < 1.29 is 52.9 Å². The number of esters is 2. The molecule has 0 spiro atoms. The van der Waals surface area contributed by atoms with Crippen LogP contribution in [0.4, 0.5) is 0 Å². The highest BCUT2D eigenvalue weighted by Gasteiger charge is 2.27. The number of hydrogen-bond donors (Lipinski definition) is 4.